The fourth-order valence-electron chi connectivity index (χ4n) is 3.14. The molecule has 0 aliphatic carbocycles. The minimum Gasteiger partial charge on any atom is -0.349 e. The normalized spacial score (nSPS) is 13.5. The number of carbonyl (C=O) groups is 1. The van der Waals surface area contributed by atoms with Gasteiger partial charge in [0.2, 0.25) is 0 Å². The summed E-state index contributed by atoms with van der Waals surface area (Å²) in [5.41, 5.74) is 5.56. The number of carbonyl (C=O) groups excluding carboxylic acids is 1. The molecule has 0 saturated heterocycles. The van der Waals surface area contributed by atoms with E-state index in [1.165, 1.54) is 5.56 Å². The maximum absolute atomic E-state index is 12.0. The van der Waals surface area contributed by atoms with Crippen LogP contribution in [0.15, 0.2) is 48.7 Å². The Hall–Kier alpha value is -2.99. The van der Waals surface area contributed by atoms with Crippen molar-refractivity contribution in [2.75, 3.05) is 6.54 Å². The lowest BCUT2D eigenvalue weighted by atomic mass is 10.1. The molecule has 0 fully saturated rings. The number of hydrogen-bond acceptors (Lipinski definition) is 4. The largest absolute Gasteiger partial charge is 0.349 e. The topological polar surface area (TPSA) is 71.8 Å². The van der Waals surface area contributed by atoms with Crippen LogP contribution < -0.4 is 10.6 Å². The molecule has 1 amide bonds. The molecule has 1 aromatic carbocycles. The SMILES string of the molecule is CC(C)NCc1ccc(-c2cc(-c3cc4n(n3)CCNC4=O)ccn2)cc1. The van der Waals surface area contributed by atoms with Gasteiger partial charge in [0, 0.05) is 36.5 Å². The van der Waals surface area contributed by atoms with Crippen LogP contribution in [-0.4, -0.2) is 33.3 Å². The first-order valence-electron chi connectivity index (χ1n) is 9.25. The quantitative estimate of drug-likeness (QED) is 0.733. The summed E-state index contributed by atoms with van der Waals surface area (Å²) >= 11 is 0. The van der Waals surface area contributed by atoms with E-state index in [2.05, 4.69) is 58.8 Å². The van der Waals surface area contributed by atoms with E-state index in [1.54, 1.807) is 10.9 Å². The van der Waals surface area contributed by atoms with Crippen LogP contribution in [0.5, 0.6) is 0 Å². The van der Waals surface area contributed by atoms with E-state index in [0.29, 0.717) is 24.8 Å². The minimum atomic E-state index is -0.0696. The predicted molar refractivity (Wildman–Crippen MR) is 105 cm³/mol. The third-order valence-corrected chi connectivity index (χ3v) is 4.64. The first-order valence-corrected chi connectivity index (χ1v) is 9.25. The third-order valence-electron chi connectivity index (χ3n) is 4.64. The van der Waals surface area contributed by atoms with Gasteiger partial charge >= 0.3 is 0 Å². The lowest BCUT2D eigenvalue weighted by Gasteiger charge is -2.13. The Kier molecular flexibility index (Phi) is 4.73. The Bertz CT molecular complexity index is 959. The fourth-order valence-corrected chi connectivity index (χ4v) is 3.14. The number of amides is 1. The molecular formula is C21H23N5O. The van der Waals surface area contributed by atoms with E-state index in [1.807, 2.05) is 18.2 Å². The second kappa shape index (κ2) is 7.32. The third kappa shape index (κ3) is 3.75. The summed E-state index contributed by atoms with van der Waals surface area (Å²) in [6.07, 6.45) is 1.79. The summed E-state index contributed by atoms with van der Waals surface area (Å²) in [6, 6.07) is 14.7. The van der Waals surface area contributed by atoms with E-state index in [4.69, 9.17) is 0 Å². The number of nitrogens with one attached hydrogen (secondary N) is 2. The van der Waals surface area contributed by atoms with Crippen LogP contribution in [0.1, 0.15) is 29.9 Å². The van der Waals surface area contributed by atoms with Crippen molar-refractivity contribution in [1.82, 2.24) is 25.4 Å². The van der Waals surface area contributed by atoms with Crippen molar-refractivity contribution >= 4 is 5.91 Å². The Balaban J connectivity index is 1.59. The average Bonchev–Trinajstić information content (AvgIpc) is 3.13. The van der Waals surface area contributed by atoms with Gasteiger partial charge in [0.05, 0.1) is 17.9 Å². The van der Waals surface area contributed by atoms with Gasteiger partial charge in [0.1, 0.15) is 5.69 Å². The molecule has 3 aromatic rings. The Labute approximate surface area is 158 Å². The molecule has 0 saturated carbocycles. The summed E-state index contributed by atoms with van der Waals surface area (Å²) in [7, 11) is 0. The van der Waals surface area contributed by atoms with Crippen LogP contribution in [0.25, 0.3) is 22.5 Å². The predicted octanol–water partition coefficient (Wildman–Crippen LogP) is 2.85. The highest BCUT2D eigenvalue weighted by molar-refractivity contribution is 5.94. The molecule has 6 heteroatoms. The monoisotopic (exact) mass is 361 g/mol. The molecular weight excluding hydrogens is 338 g/mol. The van der Waals surface area contributed by atoms with Crippen molar-refractivity contribution in [3.8, 4) is 22.5 Å². The van der Waals surface area contributed by atoms with E-state index in [0.717, 1.165) is 29.1 Å². The molecule has 2 N–H and O–H groups in total. The first kappa shape index (κ1) is 17.4. The number of aromatic nitrogens is 3. The minimum absolute atomic E-state index is 0.0696. The highest BCUT2D eigenvalue weighted by atomic mass is 16.2. The smallest absolute Gasteiger partial charge is 0.269 e. The van der Waals surface area contributed by atoms with Gasteiger partial charge in [-0.15, -0.1) is 0 Å². The van der Waals surface area contributed by atoms with Gasteiger partial charge in [0.15, 0.2) is 0 Å². The Morgan fingerprint density at radius 1 is 1.11 bits per heavy atom. The van der Waals surface area contributed by atoms with Crippen molar-refractivity contribution in [2.45, 2.75) is 33.0 Å². The van der Waals surface area contributed by atoms with Crippen LogP contribution in [0.2, 0.25) is 0 Å². The summed E-state index contributed by atoms with van der Waals surface area (Å²) in [6.45, 7) is 6.45. The number of nitrogens with zero attached hydrogens (tertiary/aromatic N) is 3. The maximum Gasteiger partial charge on any atom is 0.269 e. The highest BCUT2D eigenvalue weighted by Gasteiger charge is 2.19. The van der Waals surface area contributed by atoms with Gasteiger partial charge in [-0.1, -0.05) is 38.1 Å². The molecule has 0 bridgehead atoms. The summed E-state index contributed by atoms with van der Waals surface area (Å²) < 4.78 is 1.77. The van der Waals surface area contributed by atoms with Crippen LogP contribution in [0, 0.1) is 0 Å². The van der Waals surface area contributed by atoms with Crippen molar-refractivity contribution in [2.24, 2.45) is 0 Å². The zero-order valence-electron chi connectivity index (χ0n) is 15.6. The molecule has 27 heavy (non-hydrogen) atoms. The first-order chi connectivity index (χ1) is 13.1. The fraction of sp³-hybridized carbons (Fsp3) is 0.286. The lowest BCUT2D eigenvalue weighted by molar-refractivity contribution is 0.0924. The van der Waals surface area contributed by atoms with Crippen molar-refractivity contribution in [3.63, 3.8) is 0 Å². The van der Waals surface area contributed by atoms with Crippen LogP contribution in [0.4, 0.5) is 0 Å². The van der Waals surface area contributed by atoms with E-state index >= 15 is 0 Å². The van der Waals surface area contributed by atoms with Gasteiger partial charge in [-0.3, -0.25) is 14.5 Å². The van der Waals surface area contributed by atoms with Gasteiger partial charge in [-0.2, -0.15) is 5.10 Å². The maximum atomic E-state index is 12.0. The number of pyridine rings is 1. The standard InChI is InChI=1S/C21H23N5O/c1-14(2)24-13-15-3-5-16(6-4-15)18-11-17(7-8-22-18)19-12-20-21(27)23-9-10-26(20)25-19/h3-8,11-12,14,24H,9-10,13H2,1-2H3,(H,23,27). The van der Waals surface area contributed by atoms with E-state index in [9.17, 15) is 4.79 Å². The summed E-state index contributed by atoms with van der Waals surface area (Å²) in [5, 5.41) is 10.8. The molecule has 0 unspecified atom stereocenters. The second-order valence-corrected chi connectivity index (χ2v) is 7.06. The number of fused-ring (bicyclic) bond motifs is 1. The van der Waals surface area contributed by atoms with Crippen LogP contribution in [0.3, 0.4) is 0 Å². The lowest BCUT2D eigenvalue weighted by Crippen LogP contribution is -2.35. The number of benzene rings is 1. The van der Waals surface area contributed by atoms with Gasteiger partial charge < -0.3 is 10.6 Å². The molecule has 1 aliphatic rings. The zero-order valence-corrected chi connectivity index (χ0v) is 15.6. The Morgan fingerprint density at radius 3 is 2.67 bits per heavy atom. The van der Waals surface area contributed by atoms with E-state index < -0.39 is 0 Å². The van der Waals surface area contributed by atoms with Crippen LogP contribution in [-0.2, 0) is 13.1 Å². The molecule has 4 rings (SSSR count). The molecule has 1 aliphatic heterocycles. The summed E-state index contributed by atoms with van der Waals surface area (Å²) in [5.74, 6) is -0.0696. The average molecular weight is 361 g/mol. The highest BCUT2D eigenvalue weighted by Crippen LogP contribution is 2.25. The zero-order chi connectivity index (χ0) is 18.8. The van der Waals surface area contributed by atoms with E-state index in [-0.39, 0.29) is 5.91 Å². The number of rotatable bonds is 5. The van der Waals surface area contributed by atoms with Gasteiger partial charge in [-0.25, -0.2) is 0 Å². The van der Waals surface area contributed by atoms with Crippen molar-refractivity contribution in [3.05, 3.63) is 59.9 Å². The van der Waals surface area contributed by atoms with Gasteiger partial charge in [-0.05, 0) is 23.8 Å². The molecule has 0 spiro atoms. The number of hydrogen-bond donors (Lipinski definition) is 2. The molecule has 2 aromatic heterocycles. The van der Waals surface area contributed by atoms with Gasteiger partial charge in [0.25, 0.3) is 5.91 Å². The Morgan fingerprint density at radius 2 is 1.93 bits per heavy atom. The molecule has 6 nitrogen and oxygen atoms in total. The van der Waals surface area contributed by atoms with Crippen molar-refractivity contribution in [1.29, 1.82) is 0 Å². The van der Waals surface area contributed by atoms with Crippen LogP contribution >= 0.6 is 0 Å². The van der Waals surface area contributed by atoms with Crippen molar-refractivity contribution < 1.29 is 4.79 Å². The summed E-state index contributed by atoms with van der Waals surface area (Å²) in [4.78, 5) is 16.5. The molecule has 138 valence electrons. The molecule has 0 radical (unpaired) electrons. The molecule has 3 heterocycles. The second-order valence-electron chi connectivity index (χ2n) is 7.06. The molecule has 0 atom stereocenters.